The number of hydrogen-bond donors (Lipinski definition) is 2. The van der Waals surface area contributed by atoms with E-state index in [2.05, 4.69) is 46.4 Å². The number of nitrogens with zero attached hydrogens (tertiary/aromatic N) is 3. The van der Waals surface area contributed by atoms with E-state index in [-0.39, 0.29) is 5.91 Å². The summed E-state index contributed by atoms with van der Waals surface area (Å²) in [4.78, 5) is 19.8. The highest BCUT2D eigenvalue weighted by Crippen LogP contribution is 2.37. The third-order valence-electron chi connectivity index (χ3n) is 6.68. The number of amides is 1. The zero-order chi connectivity index (χ0) is 20.0. The van der Waals surface area contributed by atoms with Crippen molar-refractivity contribution in [1.29, 1.82) is 0 Å². The van der Waals surface area contributed by atoms with Crippen LogP contribution in [-0.4, -0.2) is 47.1 Å². The second-order valence-electron chi connectivity index (χ2n) is 8.58. The summed E-state index contributed by atoms with van der Waals surface area (Å²) < 4.78 is 5.53. The molecule has 1 atom stereocenters. The maximum absolute atomic E-state index is 12.9. The Hall–Kier alpha value is -1.47. The Morgan fingerprint density at radius 2 is 1.96 bits per heavy atom. The molecule has 7 heteroatoms. The molecule has 28 heavy (non-hydrogen) atoms. The summed E-state index contributed by atoms with van der Waals surface area (Å²) in [5, 5.41) is 11.0. The lowest BCUT2D eigenvalue weighted by molar-refractivity contribution is -0.124. The van der Waals surface area contributed by atoms with Gasteiger partial charge < -0.3 is 15.2 Å². The van der Waals surface area contributed by atoms with Gasteiger partial charge in [-0.05, 0) is 63.7 Å². The van der Waals surface area contributed by atoms with Crippen LogP contribution in [0, 0.1) is 11.8 Å². The van der Waals surface area contributed by atoms with Gasteiger partial charge in [-0.2, -0.15) is 4.98 Å². The molecule has 2 heterocycles. The zero-order valence-electron chi connectivity index (χ0n) is 17.8. The molecular formula is C21H37N5O2. The van der Waals surface area contributed by atoms with Gasteiger partial charge in [0.25, 0.3) is 0 Å². The van der Waals surface area contributed by atoms with Gasteiger partial charge in [0.05, 0.1) is 6.54 Å². The maximum Gasteiger partial charge on any atom is 0.240 e. The molecule has 2 N–H and O–H groups in total. The van der Waals surface area contributed by atoms with Gasteiger partial charge in [0.2, 0.25) is 11.8 Å². The summed E-state index contributed by atoms with van der Waals surface area (Å²) in [6.45, 7) is 11.2. The van der Waals surface area contributed by atoms with Gasteiger partial charge >= 0.3 is 0 Å². The van der Waals surface area contributed by atoms with Crippen LogP contribution >= 0.6 is 0 Å². The highest BCUT2D eigenvalue weighted by Gasteiger charge is 2.41. The summed E-state index contributed by atoms with van der Waals surface area (Å²) in [5.74, 6) is 2.47. The molecule has 1 aromatic rings. The third-order valence-corrected chi connectivity index (χ3v) is 6.68. The van der Waals surface area contributed by atoms with Crippen molar-refractivity contribution in [1.82, 2.24) is 25.7 Å². The van der Waals surface area contributed by atoms with Gasteiger partial charge in [-0.3, -0.25) is 9.69 Å². The van der Waals surface area contributed by atoms with Crippen molar-refractivity contribution in [3.8, 4) is 0 Å². The molecule has 158 valence electrons. The molecule has 1 aliphatic heterocycles. The molecule has 0 bridgehead atoms. The van der Waals surface area contributed by atoms with Crippen LogP contribution in [-0.2, 0) is 16.9 Å². The second kappa shape index (κ2) is 9.83. The molecule has 7 nitrogen and oxygen atoms in total. The van der Waals surface area contributed by atoms with Crippen LogP contribution in [0.5, 0.6) is 0 Å². The summed E-state index contributed by atoms with van der Waals surface area (Å²) >= 11 is 0. The van der Waals surface area contributed by atoms with Crippen molar-refractivity contribution in [3.05, 3.63) is 11.7 Å². The predicted octanol–water partition coefficient (Wildman–Crippen LogP) is 2.82. The van der Waals surface area contributed by atoms with Crippen LogP contribution in [0.15, 0.2) is 4.52 Å². The SMILES string of the molecule is CCN(CC)Cc1nc(C2(NC(=O)CC(C)C3CCNCC3)CCCC2)no1. The van der Waals surface area contributed by atoms with Crippen molar-refractivity contribution >= 4 is 5.91 Å². The van der Waals surface area contributed by atoms with Gasteiger partial charge in [-0.25, -0.2) is 0 Å². The minimum absolute atomic E-state index is 0.128. The third kappa shape index (κ3) is 5.11. The lowest BCUT2D eigenvalue weighted by atomic mass is 9.83. The first-order valence-corrected chi connectivity index (χ1v) is 11.1. The lowest BCUT2D eigenvalue weighted by Crippen LogP contribution is -2.45. The quantitative estimate of drug-likeness (QED) is 0.673. The van der Waals surface area contributed by atoms with Crippen LogP contribution in [0.4, 0.5) is 0 Å². The Balaban J connectivity index is 1.63. The fraction of sp³-hybridized carbons (Fsp3) is 0.857. The van der Waals surface area contributed by atoms with Gasteiger partial charge in [0, 0.05) is 6.42 Å². The molecule has 1 aromatic heterocycles. The number of carbonyl (C=O) groups excluding carboxylic acids is 1. The number of nitrogens with one attached hydrogen (secondary N) is 2. The van der Waals surface area contributed by atoms with Crippen molar-refractivity contribution < 1.29 is 9.32 Å². The molecule has 0 aromatic carbocycles. The topological polar surface area (TPSA) is 83.3 Å². The molecule has 0 spiro atoms. The van der Waals surface area contributed by atoms with E-state index >= 15 is 0 Å². The Labute approximate surface area is 169 Å². The standard InChI is InChI=1S/C21H37N5O2/c1-4-26(5-2)15-19-23-20(25-28-19)21(10-6-7-11-21)24-18(27)14-16(3)17-8-12-22-13-9-17/h16-17,22H,4-15H2,1-3H3,(H,24,27). The summed E-state index contributed by atoms with van der Waals surface area (Å²) in [7, 11) is 0. The number of carbonyl (C=O) groups is 1. The van der Waals surface area contributed by atoms with E-state index in [9.17, 15) is 4.79 Å². The maximum atomic E-state index is 12.9. The summed E-state index contributed by atoms with van der Waals surface area (Å²) in [6.07, 6.45) is 6.87. The summed E-state index contributed by atoms with van der Waals surface area (Å²) in [5.41, 5.74) is -0.448. The van der Waals surface area contributed by atoms with E-state index in [4.69, 9.17) is 4.52 Å². The van der Waals surface area contributed by atoms with Crippen molar-refractivity contribution in [2.75, 3.05) is 26.2 Å². The first kappa shape index (κ1) is 21.2. The molecule has 1 unspecified atom stereocenters. The van der Waals surface area contributed by atoms with Crippen molar-refractivity contribution in [2.24, 2.45) is 11.8 Å². The van der Waals surface area contributed by atoms with E-state index in [0.717, 1.165) is 51.9 Å². The summed E-state index contributed by atoms with van der Waals surface area (Å²) in [6, 6.07) is 0. The average molecular weight is 392 g/mol. The van der Waals surface area contributed by atoms with Crippen LogP contribution in [0.25, 0.3) is 0 Å². The molecule has 1 saturated heterocycles. The van der Waals surface area contributed by atoms with Gasteiger partial charge in [-0.15, -0.1) is 0 Å². The minimum Gasteiger partial charge on any atom is -0.343 e. The first-order chi connectivity index (χ1) is 13.6. The zero-order valence-corrected chi connectivity index (χ0v) is 17.8. The van der Waals surface area contributed by atoms with Crippen LogP contribution < -0.4 is 10.6 Å². The van der Waals surface area contributed by atoms with Crippen LogP contribution in [0.1, 0.15) is 77.4 Å². The van der Waals surface area contributed by atoms with Crippen molar-refractivity contribution in [3.63, 3.8) is 0 Å². The van der Waals surface area contributed by atoms with E-state index in [1.54, 1.807) is 0 Å². The first-order valence-electron chi connectivity index (χ1n) is 11.1. The molecule has 2 fully saturated rings. The largest absolute Gasteiger partial charge is 0.343 e. The molecular weight excluding hydrogens is 354 g/mol. The average Bonchev–Trinajstić information content (AvgIpc) is 3.37. The normalized spacial score (nSPS) is 21.1. The molecule has 1 aliphatic carbocycles. The van der Waals surface area contributed by atoms with Gasteiger partial charge in [0.15, 0.2) is 5.82 Å². The fourth-order valence-electron chi connectivity index (χ4n) is 4.73. The Bertz CT molecular complexity index is 616. The van der Waals surface area contributed by atoms with E-state index in [1.807, 2.05) is 0 Å². The monoisotopic (exact) mass is 391 g/mol. The lowest BCUT2D eigenvalue weighted by Gasteiger charge is -2.30. The molecule has 1 amide bonds. The van der Waals surface area contributed by atoms with E-state index < -0.39 is 5.54 Å². The molecule has 2 aliphatic rings. The Morgan fingerprint density at radius 1 is 1.29 bits per heavy atom. The molecule has 0 radical (unpaired) electrons. The fourth-order valence-corrected chi connectivity index (χ4v) is 4.73. The van der Waals surface area contributed by atoms with E-state index in [1.165, 1.54) is 12.8 Å². The Morgan fingerprint density at radius 3 is 2.61 bits per heavy atom. The minimum atomic E-state index is -0.448. The van der Waals surface area contributed by atoms with Crippen molar-refractivity contribution in [2.45, 2.75) is 77.8 Å². The van der Waals surface area contributed by atoms with Gasteiger partial charge in [-0.1, -0.05) is 38.8 Å². The smallest absolute Gasteiger partial charge is 0.240 e. The van der Waals surface area contributed by atoms with E-state index in [0.29, 0.717) is 36.5 Å². The highest BCUT2D eigenvalue weighted by molar-refractivity contribution is 5.77. The Kier molecular flexibility index (Phi) is 7.46. The highest BCUT2D eigenvalue weighted by atomic mass is 16.5. The number of hydrogen-bond acceptors (Lipinski definition) is 6. The van der Waals surface area contributed by atoms with Crippen LogP contribution in [0.3, 0.4) is 0 Å². The second-order valence-corrected chi connectivity index (χ2v) is 8.58. The number of rotatable bonds is 9. The van der Waals surface area contributed by atoms with Gasteiger partial charge in [0.1, 0.15) is 5.54 Å². The van der Waals surface area contributed by atoms with Crippen LogP contribution in [0.2, 0.25) is 0 Å². The predicted molar refractivity (Wildman–Crippen MR) is 109 cm³/mol. The number of aromatic nitrogens is 2. The number of piperidine rings is 1. The molecule has 1 saturated carbocycles. The molecule has 3 rings (SSSR count).